The third-order valence-electron chi connectivity index (χ3n) is 5.86. The molecule has 0 amide bonds. The van der Waals surface area contributed by atoms with Gasteiger partial charge in [0.25, 0.3) is 0 Å². The number of fused-ring (bicyclic) bond motifs is 2. The normalized spacial score (nSPS) is 20.1. The lowest BCUT2D eigenvalue weighted by Gasteiger charge is -2.27. The molecule has 0 unspecified atom stereocenters. The molecule has 0 bridgehead atoms. The zero-order valence-electron chi connectivity index (χ0n) is 18.4. The monoisotopic (exact) mass is 421 g/mol. The highest BCUT2D eigenvalue weighted by molar-refractivity contribution is 5.92. The first kappa shape index (κ1) is 21.1. The Kier molecular flexibility index (Phi) is 5.36. The zero-order chi connectivity index (χ0) is 22.3. The first-order valence-corrected chi connectivity index (χ1v) is 10.2. The number of carbonyl (C=O) groups is 1. The summed E-state index contributed by atoms with van der Waals surface area (Å²) in [4.78, 5) is 25.9. The van der Waals surface area contributed by atoms with Crippen LogP contribution in [0.2, 0.25) is 0 Å². The number of hydrogen-bond acceptors (Lipinski definition) is 8. The van der Waals surface area contributed by atoms with Gasteiger partial charge in [0.05, 0.1) is 23.4 Å². The van der Waals surface area contributed by atoms with Gasteiger partial charge in [-0.3, -0.25) is 4.98 Å². The van der Waals surface area contributed by atoms with Crippen molar-refractivity contribution in [2.75, 3.05) is 19.0 Å². The molecule has 0 saturated heterocycles. The van der Waals surface area contributed by atoms with Crippen molar-refractivity contribution in [1.29, 1.82) is 0 Å². The van der Waals surface area contributed by atoms with Crippen molar-refractivity contribution in [3.63, 3.8) is 0 Å². The summed E-state index contributed by atoms with van der Waals surface area (Å²) in [5.41, 5.74) is 8.80. The average Bonchev–Trinajstić information content (AvgIpc) is 2.72. The van der Waals surface area contributed by atoms with E-state index < -0.39 is 5.54 Å². The molecule has 0 aliphatic carbocycles. The smallest absolute Gasteiger partial charge is 0.340 e. The van der Waals surface area contributed by atoms with Gasteiger partial charge in [-0.1, -0.05) is 6.92 Å². The van der Waals surface area contributed by atoms with E-state index in [0.29, 0.717) is 23.8 Å². The number of hydrogen-bond donors (Lipinski definition) is 2. The molecule has 3 aromatic heterocycles. The summed E-state index contributed by atoms with van der Waals surface area (Å²) in [5, 5.41) is 5.14. The number of nitrogens with one attached hydrogen (secondary N) is 1. The van der Waals surface area contributed by atoms with Gasteiger partial charge in [-0.15, -0.1) is 0 Å². The van der Waals surface area contributed by atoms with Gasteiger partial charge >= 0.3 is 5.97 Å². The second kappa shape index (κ2) is 7.86. The predicted molar refractivity (Wildman–Crippen MR) is 119 cm³/mol. The van der Waals surface area contributed by atoms with Crippen LogP contribution in [0.1, 0.15) is 54.0 Å². The van der Waals surface area contributed by atoms with E-state index in [1.54, 1.807) is 31.6 Å². The van der Waals surface area contributed by atoms with Gasteiger partial charge in [0.2, 0.25) is 0 Å². The van der Waals surface area contributed by atoms with Crippen LogP contribution in [0.15, 0.2) is 30.6 Å². The average molecular weight is 422 g/mol. The zero-order valence-corrected chi connectivity index (χ0v) is 18.4. The highest BCUT2D eigenvalue weighted by atomic mass is 16.5. The van der Waals surface area contributed by atoms with Crippen LogP contribution in [0, 0.1) is 6.92 Å². The summed E-state index contributed by atoms with van der Waals surface area (Å²) in [7, 11) is 1.63. The van der Waals surface area contributed by atoms with Crippen molar-refractivity contribution < 1.29 is 14.3 Å². The van der Waals surface area contributed by atoms with E-state index in [-0.39, 0.29) is 18.0 Å². The second-order valence-corrected chi connectivity index (χ2v) is 8.38. The van der Waals surface area contributed by atoms with E-state index in [1.165, 1.54) is 0 Å². The van der Waals surface area contributed by atoms with Gasteiger partial charge in [-0.25, -0.2) is 14.8 Å². The number of nitrogens with zero attached hydrogens (tertiary/aromatic N) is 3. The minimum atomic E-state index is -0.706. The third-order valence-corrected chi connectivity index (χ3v) is 5.86. The molecule has 0 fully saturated rings. The molecule has 162 valence electrons. The molecule has 3 aromatic rings. The minimum Gasteiger partial charge on any atom is -0.458 e. The maximum Gasteiger partial charge on any atom is 0.340 e. The van der Waals surface area contributed by atoms with Crippen molar-refractivity contribution in [2.24, 2.45) is 5.73 Å². The lowest BCUT2D eigenvalue weighted by Crippen LogP contribution is -2.38. The van der Waals surface area contributed by atoms with Crippen molar-refractivity contribution in [1.82, 2.24) is 15.0 Å². The van der Waals surface area contributed by atoms with E-state index in [2.05, 4.69) is 20.3 Å². The molecule has 0 aromatic carbocycles. The number of rotatable bonds is 5. The van der Waals surface area contributed by atoms with E-state index in [0.717, 1.165) is 27.7 Å². The fraction of sp³-hybridized carbons (Fsp3) is 0.391. The quantitative estimate of drug-likeness (QED) is 0.602. The van der Waals surface area contributed by atoms with E-state index >= 15 is 0 Å². The molecule has 4 rings (SSSR count). The summed E-state index contributed by atoms with van der Waals surface area (Å²) < 4.78 is 10.7. The van der Waals surface area contributed by atoms with Crippen LogP contribution in [0.3, 0.4) is 0 Å². The van der Waals surface area contributed by atoms with Gasteiger partial charge in [0, 0.05) is 42.1 Å². The molecular formula is C23H27N5O3. The summed E-state index contributed by atoms with van der Waals surface area (Å²) in [6.45, 7) is 8.09. The molecule has 1 aliphatic rings. The Balaban J connectivity index is 1.74. The Morgan fingerprint density at radius 1 is 1.19 bits per heavy atom. The van der Waals surface area contributed by atoms with Crippen LogP contribution in [-0.2, 0) is 15.0 Å². The maximum atomic E-state index is 12.2. The number of methoxy groups -OCH3 is 1. The van der Waals surface area contributed by atoms with Crippen LogP contribution in [0.5, 0.6) is 0 Å². The molecule has 0 saturated carbocycles. The summed E-state index contributed by atoms with van der Waals surface area (Å²) in [6.07, 6.45) is 3.36. The van der Waals surface area contributed by atoms with Gasteiger partial charge in [0.15, 0.2) is 0 Å². The number of nitrogens with two attached hydrogens (primary N) is 1. The molecule has 8 heteroatoms. The first-order chi connectivity index (χ1) is 14.7. The second-order valence-electron chi connectivity index (χ2n) is 8.38. The van der Waals surface area contributed by atoms with E-state index in [1.807, 2.05) is 33.8 Å². The van der Waals surface area contributed by atoms with Crippen molar-refractivity contribution in [3.8, 4) is 0 Å². The van der Waals surface area contributed by atoms with Crippen LogP contribution in [-0.4, -0.2) is 40.7 Å². The Bertz CT molecular complexity index is 1160. The minimum absolute atomic E-state index is 0.00586. The summed E-state index contributed by atoms with van der Waals surface area (Å²) in [6, 6.07) is 5.44. The molecule has 31 heavy (non-hydrogen) atoms. The van der Waals surface area contributed by atoms with Gasteiger partial charge in [-0.05, 0) is 44.4 Å². The highest BCUT2D eigenvalue weighted by Gasteiger charge is 2.31. The topological polar surface area (TPSA) is 112 Å². The van der Waals surface area contributed by atoms with Gasteiger partial charge < -0.3 is 20.5 Å². The number of pyridine rings is 3. The Labute approximate surface area is 181 Å². The number of carbonyl (C=O) groups excluding carboxylic acids is 1. The molecule has 3 atom stereocenters. The number of esters is 1. The molecular weight excluding hydrogens is 394 g/mol. The van der Waals surface area contributed by atoms with Crippen LogP contribution < -0.4 is 11.1 Å². The lowest BCUT2D eigenvalue weighted by molar-refractivity contribution is 0.0235. The molecule has 0 radical (unpaired) electrons. The number of aromatic nitrogens is 3. The standard InChI is InChI=1S/C23H27N5O3/c1-12-14(3)31-22(29)15-6-7-19(28-21(12)15)27-20-8-16-17(9-26-20)13(2)25-10-18(16)23(4,24)11-30-5/h6-10,12,14H,11,24H2,1-5H3,(H,26,27,28)/t12-,14-,23+/m0/s1. The fourth-order valence-corrected chi connectivity index (χ4v) is 3.92. The highest BCUT2D eigenvalue weighted by Crippen LogP contribution is 2.32. The Morgan fingerprint density at radius 2 is 1.97 bits per heavy atom. The van der Waals surface area contributed by atoms with Crippen molar-refractivity contribution >= 4 is 28.4 Å². The van der Waals surface area contributed by atoms with Gasteiger partial charge in [0.1, 0.15) is 17.7 Å². The van der Waals surface area contributed by atoms with E-state index in [4.69, 9.17) is 15.2 Å². The van der Waals surface area contributed by atoms with Crippen LogP contribution in [0.25, 0.3) is 10.8 Å². The Morgan fingerprint density at radius 3 is 2.71 bits per heavy atom. The third kappa shape index (κ3) is 3.84. The summed E-state index contributed by atoms with van der Waals surface area (Å²) >= 11 is 0. The SMILES string of the molecule is COC[C@@](C)(N)c1cnc(C)c2cnc(Nc3ccc4c(n3)[C@@H](C)[C@H](C)OC4=O)cc12. The van der Waals surface area contributed by atoms with Crippen LogP contribution >= 0.6 is 0 Å². The Hall–Kier alpha value is -3.10. The number of aryl methyl sites for hydroxylation is 1. The molecule has 0 spiro atoms. The number of anilines is 2. The number of ether oxygens (including phenoxy) is 2. The molecule has 1 aliphatic heterocycles. The fourth-order valence-electron chi connectivity index (χ4n) is 3.92. The largest absolute Gasteiger partial charge is 0.458 e. The van der Waals surface area contributed by atoms with Crippen molar-refractivity contribution in [3.05, 3.63) is 53.1 Å². The lowest BCUT2D eigenvalue weighted by atomic mass is 9.91. The first-order valence-electron chi connectivity index (χ1n) is 10.2. The predicted octanol–water partition coefficient (Wildman–Crippen LogP) is 3.56. The molecule has 4 heterocycles. The summed E-state index contributed by atoms with van der Waals surface area (Å²) in [5.74, 6) is 0.904. The molecule has 3 N–H and O–H groups in total. The maximum absolute atomic E-state index is 12.2. The molecule has 8 nitrogen and oxygen atoms in total. The van der Waals surface area contributed by atoms with Crippen molar-refractivity contribution in [2.45, 2.75) is 45.3 Å². The van der Waals surface area contributed by atoms with E-state index in [9.17, 15) is 4.79 Å². The van der Waals surface area contributed by atoms with Gasteiger partial charge in [-0.2, -0.15) is 0 Å². The number of cyclic esters (lactones) is 1. The van der Waals surface area contributed by atoms with Crippen LogP contribution in [0.4, 0.5) is 11.6 Å².